The first kappa shape index (κ1) is 32.5. The number of aromatic nitrogens is 2. The largest absolute Gasteiger partial charge is 0.471 e. The van der Waals surface area contributed by atoms with Crippen LogP contribution in [0.15, 0.2) is 36.4 Å². The molecule has 2 aromatic carbocycles. The molecule has 6 rings (SSSR count). The van der Waals surface area contributed by atoms with Crippen LogP contribution in [0.4, 0.5) is 13.2 Å². The van der Waals surface area contributed by atoms with Crippen molar-refractivity contribution in [1.29, 1.82) is 0 Å². The molecule has 0 radical (unpaired) electrons. The van der Waals surface area contributed by atoms with Gasteiger partial charge in [-0.05, 0) is 41.8 Å². The molecule has 3 aliphatic heterocycles. The molecule has 1 saturated heterocycles. The van der Waals surface area contributed by atoms with Crippen molar-refractivity contribution in [3.05, 3.63) is 74.9 Å². The van der Waals surface area contributed by atoms with Crippen LogP contribution >= 0.6 is 11.6 Å². The van der Waals surface area contributed by atoms with E-state index in [2.05, 4.69) is 16.7 Å². The van der Waals surface area contributed by atoms with E-state index in [0.717, 1.165) is 61.0 Å². The maximum absolute atomic E-state index is 12.9. The van der Waals surface area contributed by atoms with Gasteiger partial charge >= 0.3 is 12.1 Å². The zero-order valence-electron chi connectivity index (χ0n) is 25.2. The SMILES string of the molecule is CS(=O)(=O)N1CCc2c(c(-c3ccc(Cl)c(C#Cc4ccc5c(c4)CN(C(=O)C(F)(F)F)C5)c3)nn2CCCN2CCOCC2)C1. The van der Waals surface area contributed by atoms with Crippen LogP contribution in [0.25, 0.3) is 11.3 Å². The minimum atomic E-state index is -4.92. The van der Waals surface area contributed by atoms with E-state index in [0.29, 0.717) is 52.5 Å². The summed E-state index contributed by atoms with van der Waals surface area (Å²) in [5.41, 5.74) is 5.69. The summed E-state index contributed by atoms with van der Waals surface area (Å²) in [6.07, 6.45) is -2.26. The third-order valence-corrected chi connectivity index (χ3v) is 10.1. The number of sulfonamides is 1. The third-order valence-electron chi connectivity index (χ3n) is 8.56. The molecule has 0 unspecified atom stereocenters. The average molecular weight is 676 g/mol. The van der Waals surface area contributed by atoms with Gasteiger partial charge in [-0.1, -0.05) is 35.6 Å². The van der Waals surface area contributed by atoms with Gasteiger partial charge in [0.15, 0.2) is 0 Å². The lowest BCUT2D eigenvalue weighted by atomic mass is 10.0. The van der Waals surface area contributed by atoms with Crippen molar-refractivity contribution >= 4 is 27.5 Å². The van der Waals surface area contributed by atoms with E-state index in [1.54, 1.807) is 24.3 Å². The first-order chi connectivity index (χ1) is 21.9. The van der Waals surface area contributed by atoms with Gasteiger partial charge in [0, 0.05) is 86.7 Å². The molecule has 46 heavy (non-hydrogen) atoms. The van der Waals surface area contributed by atoms with Crippen LogP contribution in [-0.2, 0) is 52.2 Å². The number of alkyl halides is 3. The monoisotopic (exact) mass is 675 g/mol. The number of carbonyl (C=O) groups is 1. The predicted molar refractivity (Wildman–Crippen MR) is 166 cm³/mol. The van der Waals surface area contributed by atoms with Crippen molar-refractivity contribution < 1.29 is 31.1 Å². The van der Waals surface area contributed by atoms with Gasteiger partial charge in [0.25, 0.3) is 0 Å². The molecule has 1 fully saturated rings. The number of rotatable bonds is 6. The van der Waals surface area contributed by atoms with Crippen molar-refractivity contribution in [2.24, 2.45) is 0 Å². The summed E-state index contributed by atoms with van der Waals surface area (Å²) in [5.74, 6) is 4.27. The highest BCUT2D eigenvalue weighted by molar-refractivity contribution is 7.88. The number of halogens is 4. The smallest absolute Gasteiger partial charge is 0.379 e. The maximum atomic E-state index is 12.9. The molecule has 0 spiro atoms. The van der Waals surface area contributed by atoms with Crippen molar-refractivity contribution in [2.75, 3.05) is 45.6 Å². The van der Waals surface area contributed by atoms with Gasteiger partial charge in [-0.25, -0.2) is 8.42 Å². The summed E-state index contributed by atoms with van der Waals surface area (Å²) in [5, 5.41) is 5.39. The molecule has 0 saturated carbocycles. The lowest BCUT2D eigenvalue weighted by Crippen LogP contribution is -2.37. The van der Waals surface area contributed by atoms with Gasteiger partial charge in [0.1, 0.15) is 0 Å². The fourth-order valence-electron chi connectivity index (χ4n) is 6.14. The predicted octanol–water partition coefficient (Wildman–Crippen LogP) is 4.05. The summed E-state index contributed by atoms with van der Waals surface area (Å²) >= 11 is 6.53. The molecular weight excluding hydrogens is 643 g/mol. The number of fused-ring (bicyclic) bond motifs is 2. The highest BCUT2D eigenvalue weighted by atomic mass is 35.5. The Balaban J connectivity index is 1.26. The Kier molecular flexibility index (Phi) is 9.20. The van der Waals surface area contributed by atoms with E-state index in [4.69, 9.17) is 21.4 Å². The fraction of sp³-hybridized carbons (Fsp3) is 0.438. The Morgan fingerprint density at radius 1 is 1.00 bits per heavy atom. The summed E-state index contributed by atoms with van der Waals surface area (Å²) in [6, 6.07) is 10.5. The zero-order chi connectivity index (χ0) is 32.6. The lowest BCUT2D eigenvalue weighted by Gasteiger charge is -2.27. The van der Waals surface area contributed by atoms with E-state index in [9.17, 15) is 26.4 Å². The standard InChI is InChI=1S/C32H33ClF3N5O4S/c1-46(43,44)40-12-9-29-27(21-40)30(37-41(29)11-2-10-38-13-15-45-16-14-38)24-7-8-28(33)23(18-24)5-3-22-4-6-25-19-39(20-26(25)17-22)31(42)32(34,35)36/h4,6-8,17-18H,2,9-16,19-21H2,1H3. The minimum absolute atomic E-state index is 0.101. The van der Waals surface area contributed by atoms with Crippen LogP contribution in [0.5, 0.6) is 0 Å². The molecule has 1 amide bonds. The van der Waals surface area contributed by atoms with E-state index < -0.39 is 22.1 Å². The molecule has 3 aromatic rings. The van der Waals surface area contributed by atoms with Gasteiger partial charge < -0.3 is 9.64 Å². The summed E-state index contributed by atoms with van der Waals surface area (Å²) in [6.45, 7) is 5.27. The second kappa shape index (κ2) is 13.0. The Hall–Kier alpha value is -3.41. The molecule has 3 aliphatic rings. The molecule has 1 aromatic heterocycles. The molecule has 4 heterocycles. The quantitative estimate of drug-likeness (QED) is 0.367. The summed E-state index contributed by atoms with van der Waals surface area (Å²) < 4.78 is 72.6. The molecule has 0 bridgehead atoms. The van der Waals surface area contributed by atoms with Gasteiger partial charge in [0.05, 0.1) is 30.2 Å². The molecule has 244 valence electrons. The molecule has 0 N–H and O–H groups in total. The number of aryl methyl sites for hydroxylation is 1. The molecule has 14 heteroatoms. The van der Waals surface area contributed by atoms with Gasteiger partial charge in [-0.3, -0.25) is 14.4 Å². The lowest BCUT2D eigenvalue weighted by molar-refractivity contribution is -0.186. The van der Waals surface area contributed by atoms with E-state index in [1.807, 2.05) is 16.8 Å². The second-order valence-corrected chi connectivity index (χ2v) is 14.1. The Morgan fingerprint density at radius 3 is 2.50 bits per heavy atom. The van der Waals surface area contributed by atoms with Crippen LogP contribution in [0.2, 0.25) is 5.02 Å². The van der Waals surface area contributed by atoms with Crippen LogP contribution in [0.1, 0.15) is 39.9 Å². The molecule has 0 aliphatic carbocycles. The van der Waals surface area contributed by atoms with Crippen molar-refractivity contribution in [2.45, 2.75) is 45.2 Å². The summed E-state index contributed by atoms with van der Waals surface area (Å²) in [7, 11) is -3.41. The maximum Gasteiger partial charge on any atom is 0.471 e. The fourth-order valence-corrected chi connectivity index (χ4v) is 7.09. The number of nitrogens with zero attached hydrogens (tertiary/aromatic N) is 5. The number of amides is 1. The van der Waals surface area contributed by atoms with E-state index >= 15 is 0 Å². The van der Waals surface area contributed by atoms with Crippen molar-refractivity contribution in [3.63, 3.8) is 0 Å². The molecular formula is C32H33ClF3N5O4S. The summed E-state index contributed by atoms with van der Waals surface area (Å²) in [4.78, 5) is 14.8. The number of benzene rings is 2. The number of hydrogen-bond donors (Lipinski definition) is 0. The highest BCUT2D eigenvalue weighted by Gasteiger charge is 2.44. The normalized spacial score (nSPS) is 17.4. The molecule has 0 atom stereocenters. The Labute approximate surface area is 270 Å². The van der Waals surface area contributed by atoms with E-state index in [-0.39, 0.29) is 19.6 Å². The first-order valence-electron chi connectivity index (χ1n) is 15.0. The molecule has 9 nitrogen and oxygen atoms in total. The van der Waals surface area contributed by atoms with Crippen LogP contribution in [0.3, 0.4) is 0 Å². The topological polar surface area (TPSA) is 88.0 Å². The van der Waals surface area contributed by atoms with Gasteiger partial charge in [-0.15, -0.1) is 0 Å². The van der Waals surface area contributed by atoms with Crippen LogP contribution in [0, 0.1) is 11.8 Å². The van der Waals surface area contributed by atoms with Crippen molar-refractivity contribution in [1.82, 2.24) is 23.9 Å². The van der Waals surface area contributed by atoms with Crippen molar-refractivity contribution in [3.8, 4) is 23.1 Å². The number of ether oxygens (including phenoxy) is 1. The van der Waals surface area contributed by atoms with E-state index in [1.165, 1.54) is 10.6 Å². The minimum Gasteiger partial charge on any atom is -0.379 e. The van der Waals surface area contributed by atoms with Gasteiger partial charge in [-0.2, -0.15) is 22.6 Å². The highest BCUT2D eigenvalue weighted by Crippen LogP contribution is 2.33. The third kappa shape index (κ3) is 7.11. The number of morpholine rings is 1. The zero-order valence-corrected chi connectivity index (χ0v) is 26.8. The Morgan fingerprint density at radius 2 is 1.76 bits per heavy atom. The van der Waals surface area contributed by atoms with Crippen LogP contribution < -0.4 is 0 Å². The number of carbonyl (C=O) groups excluding carboxylic acids is 1. The Bertz CT molecular complexity index is 1830. The second-order valence-electron chi connectivity index (χ2n) is 11.7. The number of hydrogen-bond acceptors (Lipinski definition) is 6. The van der Waals surface area contributed by atoms with Gasteiger partial charge in [0.2, 0.25) is 10.0 Å². The average Bonchev–Trinajstić information content (AvgIpc) is 3.61. The van der Waals surface area contributed by atoms with Crippen LogP contribution in [-0.4, -0.2) is 90.0 Å². The first-order valence-corrected chi connectivity index (χ1v) is 17.2.